The molecule has 10 heteroatoms. The Hall–Kier alpha value is -4.86. The maximum Gasteiger partial charge on any atom is 0.324 e. The van der Waals surface area contributed by atoms with Gasteiger partial charge in [0.05, 0.1) is 6.42 Å². The first-order chi connectivity index (χ1) is 18.5. The van der Waals surface area contributed by atoms with E-state index in [1.165, 1.54) is 10.5 Å². The number of rotatable bonds is 11. The van der Waals surface area contributed by atoms with Gasteiger partial charge in [0.2, 0.25) is 0 Å². The van der Waals surface area contributed by atoms with Crippen LogP contribution in [0.4, 0.5) is 22.0 Å². The number of urea groups is 1. The highest BCUT2D eigenvalue weighted by molar-refractivity contribution is 6.03. The smallest absolute Gasteiger partial charge is 0.324 e. The second kappa shape index (κ2) is 12.4. The van der Waals surface area contributed by atoms with Crippen LogP contribution in [0.5, 0.6) is 5.88 Å². The Morgan fingerprint density at radius 3 is 2.53 bits per heavy atom. The van der Waals surface area contributed by atoms with Crippen molar-refractivity contribution < 1.29 is 23.5 Å². The summed E-state index contributed by atoms with van der Waals surface area (Å²) in [6, 6.07) is 19.5. The van der Waals surface area contributed by atoms with Gasteiger partial charge in [0, 0.05) is 18.4 Å². The number of para-hydroxylation sites is 1. The maximum absolute atomic E-state index is 12.8. The third-order valence-corrected chi connectivity index (χ3v) is 5.81. The Labute approximate surface area is 220 Å². The standard InChI is InChI=1S/C28H29N5O5/c1-3-4-8-19-11-13-20(14-12-19)29-28(36)32-25-26(37-18-34)31-24(30-25)17-22-15-16-23(38-22)27(35)33(2)21-9-6-5-7-10-21/h5-7,9-16,18H,3-4,8,17H2,1-2H3,(H,30,31)(H2,29,32,36). The summed E-state index contributed by atoms with van der Waals surface area (Å²) < 4.78 is 10.7. The molecule has 10 nitrogen and oxygen atoms in total. The SMILES string of the molecule is CCCCc1ccc(NC(=O)Nc2[nH]c(Cc3ccc(C(=O)N(C)c4ccccc4)o3)nc2OC=O)cc1. The largest absolute Gasteiger partial charge is 0.455 e. The minimum atomic E-state index is -0.535. The van der Waals surface area contributed by atoms with Crippen LogP contribution in [0.3, 0.4) is 0 Å². The van der Waals surface area contributed by atoms with Gasteiger partial charge < -0.3 is 24.4 Å². The van der Waals surface area contributed by atoms with Crippen LogP contribution in [0, 0.1) is 0 Å². The van der Waals surface area contributed by atoms with Gasteiger partial charge in [0.25, 0.3) is 18.3 Å². The Morgan fingerprint density at radius 1 is 1.05 bits per heavy atom. The Kier molecular flexibility index (Phi) is 8.55. The van der Waals surface area contributed by atoms with Gasteiger partial charge >= 0.3 is 6.03 Å². The first-order valence-corrected chi connectivity index (χ1v) is 12.2. The van der Waals surface area contributed by atoms with E-state index in [9.17, 15) is 14.4 Å². The highest BCUT2D eigenvalue weighted by Gasteiger charge is 2.20. The fraction of sp³-hybridized carbons (Fsp3) is 0.214. The van der Waals surface area contributed by atoms with Crippen LogP contribution in [0.25, 0.3) is 0 Å². The molecule has 0 saturated heterocycles. The molecule has 3 N–H and O–H groups in total. The highest BCUT2D eigenvalue weighted by Crippen LogP contribution is 2.24. The number of H-pyrrole nitrogens is 1. The van der Waals surface area contributed by atoms with Crippen LogP contribution < -0.4 is 20.3 Å². The molecule has 0 aliphatic heterocycles. The summed E-state index contributed by atoms with van der Waals surface area (Å²) in [5.74, 6) is 0.704. The molecule has 4 rings (SSSR count). The van der Waals surface area contributed by atoms with Gasteiger partial charge in [-0.1, -0.05) is 43.7 Å². The minimum Gasteiger partial charge on any atom is -0.455 e. The number of nitrogens with one attached hydrogen (secondary N) is 3. The third kappa shape index (κ3) is 6.67. The van der Waals surface area contributed by atoms with Crippen LogP contribution in [0.2, 0.25) is 0 Å². The Balaban J connectivity index is 1.40. The van der Waals surface area contributed by atoms with Crippen molar-refractivity contribution in [2.45, 2.75) is 32.6 Å². The topological polar surface area (TPSA) is 130 Å². The van der Waals surface area contributed by atoms with E-state index in [1.807, 2.05) is 54.6 Å². The summed E-state index contributed by atoms with van der Waals surface area (Å²) in [5.41, 5.74) is 2.55. The van der Waals surface area contributed by atoms with Crippen molar-refractivity contribution in [2.75, 3.05) is 22.6 Å². The van der Waals surface area contributed by atoms with E-state index in [4.69, 9.17) is 9.15 Å². The summed E-state index contributed by atoms with van der Waals surface area (Å²) in [4.78, 5) is 45.0. The molecule has 0 unspecified atom stereocenters. The number of aromatic amines is 1. The minimum absolute atomic E-state index is 0.0910. The van der Waals surface area contributed by atoms with Crippen molar-refractivity contribution in [3.63, 3.8) is 0 Å². The molecule has 38 heavy (non-hydrogen) atoms. The van der Waals surface area contributed by atoms with Gasteiger partial charge in [-0.25, -0.2) is 4.79 Å². The molecule has 0 atom stereocenters. The van der Waals surface area contributed by atoms with E-state index in [1.54, 1.807) is 19.2 Å². The second-order valence-electron chi connectivity index (χ2n) is 8.60. The van der Waals surface area contributed by atoms with E-state index < -0.39 is 6.03 Å². The average Bonchev–Trinajstić information content (AvgIpc) is 3.55. The average molecular weight is 516 g/mol. The van der Waals surface area contributed by atoms with Crippen LogP contribution in [-0.4, -0.2) is 35.4 Å². The van der Waals surface area contributed by atoms with Crippen LogP contribution >= 0.6 is 0 Å². The van der Waals surface area contributed by atoms with Gasteiger partial charge in [0.15, 0.2) is 11.6 Å². The number of anilines is 3. The van der Waals surface area contributed by atoms with Gasteiger partial charge in [-0.2, -0.15) is 4.98 Å². The van der Waals surface area contributed by atoms with Gasteiger partial charge in [-0.3, -0.25) is 14.9 Å². The number of carbonyl (C=O) groups is 3. The number of aromatic nitrogens is 2. The van der Waals surface area contributed by atoms with Crippen molar-refractivity contribution >= 4 is 35.6 Å². The number of carbonyl (C=O) groups excluding carboxylic acids is 3. The molecular formula is C28H29N5O5. The van der Waals surface area contributed by atoms with Crippen LogP contribution in [0.15, 0.2) is 71.1 Å². The molecule has 4 aromatic rings. The summed E-state index contributed by atoms with van der Waals surface area (Å²) in [7, 11) is 1.67. The van der Waals surface area contributed by atoms with E-state index in [-0.39, 0.29) is 36.3 Å². The number of amides is 3. The number of benzene rings is 2. The lowest BCUT2D eigenvalue weighted by atomic mass is 10.1. The fourth-order valence-electron chi connectivity index (χ4n) is 3.80. The summed E-state index contributed by atoms with van der Waals surface area (Å²) in [6.07, 6.45) is 3.38. The summed E-state index contributed by atoms with van der Waals surface area (Å²) >= 11 is 0. The molecule has 0 aliphatic carbocycles. The van der Waals surface area contributed by atoms with Crippen molar-refractivity contribution in [1.82, 2.24) is 9.97 Å². The predicted octanol–water partition coefficient (Wildman–Crippen LogP) is 5.39. The van der Waals surface area contributed by atoms with E-state index >= 15 is 0 Å². The first-order valence-electron chi connectivity index (χ1n) is 12.2. The molecule has 0 spiro atoms. The van der Waals surface area contributed by atoms with Crippen molar-refractivity contribution in [2.24, 2.45) is 0 Å². The number of hydrogen-bond donors (Lipinski definition) is 3. The highest BCUT2D eigenvalue weighted by atomic mass is 16.5. The lowest BCUT2D eigenvalue weighted by Gasteiger charge is -2.15. The fourth-order valence-corrected chi connectivity index (χ4v) is 3.80. The van der Waals surface area contributed by atoms with Crippen molar-refractivity contribution in [3.8, 4) is 5.88 Å². The third-order valence-electron chi connectivity index (χ3n) is 5.81. The summed E-state index contributed by atoms with van der Waals surface area (Å²) in [5, 5.41) is 5.35. The number of nitrogens with zero attached hydrogens (tertiary/aromatic N) is 2. The van der Waals surface area contributed by atoms with Crippen molar-refractivity contribution in [3.05, 3.63) is 89.6 Å². The van der Waals surface area contributed by atoms with E-state index in [2.05, 4.69) is 27.5 Å². The quantitative estimate of drug-likeness (QED) is 0.230. The molecule has 2 aromatic carbocycles. The molecule has 0 bridgehead atoms. The molecule has 0 saturated carbocycles. The van der Waals surface area contributed by atoms with Gasteiger partial charge in [0.1, 0.15) is 11.6 Å². The van der Waals surface area contributed by atoms with Crippen LogP contribution in [0.1, 0.15) is 47.5 Å². The number of imidazole rings is 1. The molecule has 0 aliphatic rings. The van der Waals surface area contributed by atoms with E-state index in [0.29, 0.717) is 17.3 Å². The number of ether oxygens (including phenoxy) is 1. The Morgan fingerprint density at radius 2 is 1.82 bits per heavy atom. The van der Waals surface area contributed by atoms with Gasteiger partial charge in [-0.05, 0) is 54.8 Å². The molecule has 2 heterocycles. The maximum atomic E-state index is 12.8. The molecule has 0 fully saturated rings. The van der Waals surface area contributed by atoms with Gasteiger partial charge in [-0.15, -0.1) is 0 Å². The first kappa shape index (κ1) is 26.2. The zero-order valence-corrected chi connectivity index (χ0v) is 21.2. The Bertz CT molecular complexity index is 1380. The monoisotopic (exact) mass is 515 g/mol. The second-order valence-corrected chi connectivity index (χ2v) is 8.60. The molecule has 196 valence electrons. The number of hydrogen-bond acceptors (Lipinski definition) is 6. The van der Waals surface area contributed by atoms with Crippen LogP contribution in [-0.2, 0) is 17.6 Å². The summed E-state index contributed by atoms with van der Waals surface area (Å²) in [6.45, 7) is 2.36. The number of aryl methyl sites for hydroxylation is 1. The number of unbranched alkanes of at least 4 members (excludes halogenated alkanes) is 1. The molecular weight excluding hydrogens is 486 g/mol. The zero-order chi connectivity index (χ0) is 26.9. The molecule has 0 radical (unpaired) electrons. The molecule has 2 aromatic heterocycles. The van der Waals surface area contributed by atoms with E-state index in [0.717, 1.165) is 24.9 Å². The normalized spacial score (nSPS) is 10.6. The predicted molar refractivity (Wildman–Crippen MR) is 144 cm³/mol. The lowest BCUT2D eigenvalue weighted by Crippen LogP contribution is -2.25. The lowest BCUT2D eigenvalue weighted by molar-refractivity contribution is -0.120. The number of furan rings is 1. The van der Waals surface area contributed by atoms with Crippen molar-refractivity contribution in [1.29, 1.82) is 0 Å². The molecule has 3 amide bonds. The zero-order valence-electron chi connectivity index (χ0n) is 21.2.